The van der Waals surface area contributed by atoms with Gasteiger partial charge in [0.1, 0.15) is 8.98 Å². The molecule has 9 heavy (non-hydrogen) atoms. The first-order chi connectivity index (χ1) is 4.06. The standard InChI is InChI=1S/C2Cl4.C2H3N/c3-1(4)2(5)6;1-2-3/h;1H3. The largest absolute Gasteiger partial charge is 0.199 e. The third kappa shape index (κ3) is 17.8. The number of hydrogen-bond donors (Lipinski definition) is 0. The van der Waals surface area contributed by atoms with Crippen LogP contribution in [0.3, 0.4) is 0 Å². The van der Waals surface area contributed by atoms with E-state index in [0.717, 1.165) is 0 Å². The van der Waals surface area contributed by atoms with Gasteiger partial charge in [-0.2, -0.15) is 5.26 Å². The van der Waals surface area contributed by atoms with E-state index in [0.29, 0.717) is 0 Å². The molecule has 0 aliphatic rings. The van der Waals surface area contributed by atoms with Crippen molar-refractivity contribution in [3.8, 4) is 6.07 Å². The van der Waals surface area contributed by atoms with Crippen LogP contribution in [0.4, 0.5) is 0 Å². The van der Waals surface area contributed by atoms with E-state index in [2.05, 4.69) is 0 Å². The first kappa shape index (κ1) is 12.1. The zero-order chi connectivity index (χ0) is 7.86. The van der Waals surface area contributed by atoms with Gasteiger partial charge in [0.2, 0.25) is 0 Å². The Morgan fingerprint density at radius 2 is 1.22 bits per heavy atom. The van der Waals surface area contributed by atoms with Gasteiger partial charge in [-0.15, -0.1) is 0 Å². The lowest BCUT2D eigenvalue weighted by Gasteiger charge is -1.75. The molecule has 0 saturated carbocycles. The highest BCUT2D eigenvalue weighted by molar-refractivity contribution is 6.67. The molecule has 0 unspecified atom stereocenters. The highest BCUT2D eigenvalue weighted by Crippen LogP contribution is 2.20. The van der Waals surface area contributed by atoms with Crippen LogP contribution in [0.1, 0.15) is 6.92 Å². The molecular weight excluding hydrogens is 204 g/mol. The van der Waals surface area contributed by atoms with E-state index in [1.165, 1.54) is 6.92 Å². The normalized spacial score (nSPS) is 6.22. The molecule has 52 valence electrons. The van der Waals surface area contributed by atoms with Crippen molar-refractivity contribution >= 4 is 46.4 Å². The summed E-state index contributed by atoms with van der Waals surface area (Å²) in [6.07, 6.45) is 0. The molecule has 0 saturated heterocycles. The summed E-state index contributed by atoms with van der Waals surface area (Å²) >= 11 is 20.0. The van der Waals surface area contributed by atoms with E-state index < -0.39 is 0 Å². The van der Waals surface area contributed by atoms with Gasteiger partial charge in [0.05, 0.1) is 6.07 Å². The molecule has 0 radical (unpaired) electrons. The maximum Gasteiger partial charge on any atom is 0.136 e. The molecule has 1 nitrogen and oxygen atoms in total. The molecule has 0 aromatic rings. The van der Waals surface area contributed by atoms with Gasteiger partial charge in [0, 0.05) is 6.92 Å². The van der Waals surface area contributed by atoms with Crippen molar-refractivity contribution < 1.29 is 0 Å². The zero-order valence-corrected chi connectivity index (χ0v) is 7.48. The van der Waals surface area contributed by atoms with Gasteiger partial charge in [-0.05, 0) is 0 Å². The monoisotopic (exact) mass is 205 g/mol. The Morgan fingerprint density at radius 1 is 1.11 bits per heavy atom. The van der Waals surface area contributed by atoms with E-state index in [-0.39, 0.29) is 8.98 Å². The lowest BCUT2D eigenvalue weighted by atomic mass is 11.0. The van der Waals surface area contributed by atoms with Gasteiger partial charge >= 0.3 is 0 Å². The Morgan fingerprint density at radius 3 is 1.22 bits per heavy atom. The van der Waals surface area contributed by atoms with Crippen LogP contribution in [0.15, 0.2) is 8.98 Å². The molecule has 0 bridgehead atoms. The highest BCUT2D eigenvalue weighted by atomic mass is 35.5. The van der Waals surface area contributed by atoms with Crippen molar-refractivity contribution in [2.24, 2.45) is 0 Å². The van der Waals surface area contributed by atoms with E-state index in [1.54, 1.807) is 6.07 Å². The van der Waals surface area contributed by atoms with Crippen molar-refractivity contribution in [2.75, 3.05) is 0 Å². The lowest BCUT2D eigenvalue weighted by molar-refractivity contribution is 1.49. The summed E-state index contributed by atoms with van der Waals surface area (Å²) in [7, 11) is 0. The Bertz CT molecular complexity index is 116. The number of nitrogens with zero attached hydrogens (tertiary/aromatic N) is 1. The minimum Gasteiger partial charge on any atom is -0.199 e. The third-order valence-electron chi connectivity index (χ3n) is 0.143. The summed E-state index contributed by atoms with van der Waals surface area (Å²) in [6, 6.07) is 1.75. The molecule has 0 spiro atoms. The van der Waals surface area contributed by atoms with Gasteiger partial charge < -0.3 is 0 Å². The fourth-order valence-corrected chi connectivity index (χ4v) is 0. The number of rotatable bonds is 0. The molecule has 0 N–H and O–H groups in total. The third-order valence-corrected chi connectivity index (χ3v) is 1.29. The quantitative estimate of drug-likeness (QED) is 0.595. The maximum atomic E-state index is 7.32. The van der Waals surface area contributed by atoms with Crippen LogP contribution < -0.4 is 0 Å². The molecule has 0 aliphatic heterocycles. The first-order valence-electron chi connectivity index (χ1n) is 1.73. The van der Waals surface area contributed by atoms with Crippen LogP contribution in [0, 0.1) is 11.3 Å². The Labute approximate surface area is 73.8 Å². The Kier molecular flexibility index (Phi) is 11.3. The molecule has 0 atom stereocenters. The van der Waals surface area contributed by atoms with Gasteiger partial charge in [-0.3, -0.25) is 0 Å². The Balaban J connectivity index is 0. The summed E-state index contributed by atoms with van der Waals surface area (Å²) in [5, 5.41) is 7.32. The predicted octanol–water partition coefficient (Wildman–Crippen LogP) is 3.60. The summed E-state index contributed by atoms with van der Waals surface area (Å²) in [5.41, 5.74) is 0. The second-order valence-corrected chi connectivity index (χ2v) is 2.64. The summed E-state index contributed by atoms with van der Waals surface area (Å²) in [5.74, 6) is 0. The van der Waals surface area contributed by atoms with Crippen LogP contribution in [0.25, 0.3) is 0 Å². The van der Waals surface area contributed by atoms with E-state index in [9.17, 15) is 0 Å². The topological polar surface area (TPSA) is 23.8 Å². The van der Waals surface area contributed by atoms with Crippen LogP contribution in [0.5, 0.6) is 0 Å². The number of nitriles is 1. The summed E-state index contributed by atoms with van der Waals surface area (Å²) in [4.78, 5) is 0. The van der Waals surface area contributed by atoms with Crippen molar-refractivity contribution in [3.05, 3.63) is 8.98 Å². The minimum absolute atomic E-state index is 0.0988. The second-order valence-electron chi connectivity index (χ2n) is 0.744. The molecule has 0 aliphatic carbocycles. The van der Waals surface area contributed by atoms with Crippen molar-refractivity contribution in [1.29, 1.82) is 5.26 Å². The molecule has 0 heterocycles. The average Bonchev–Trinajstić information content (AvgIpc) is 1.68. The second kappa shape index (κ2) is 8.39. The molecule has 0 aromatic heterocycles. The average molecular weight is 207 g/mol. The summed E-state index contributed by atoms with van der Waals surface area (Å²) in [6.45, 7) is 1.43. The van der Waals surface area contributed by atoms with E-state index in [4.69, 9.17) is 51.7 Å². The van der Waals surface area contributed by atoms with Crippen molar-refractivity contribution in [1.82, 2.24) is 0 Å². The lowest BCUT2D eigenvalue weighted by Crippen LogP contribution is -1.47. The van der Waals surface area contributed by atoms with Gasteiger partial charge in [0.15, 0.2) is 0 Å². The molecule has 0 fully saturated rings. The molecule has 0 aromatic carbocycles. The first-order valence-corrected chi connectivity index (χ1v) is 3.24. The van der Waals surface area contributed by atoms with Crippen LogP contribution >= 0.6 is 46.4 Å². The van der Waals surface area contributed by atoms with Crippen molar-refractivity contribution in [3.63, 3.8) is 0 Å². The van der Waals surface area contributed by atoms with Gasteiger partial charge in [-0.1, -0.05) is 46.4 Å². The molecular formula is C4H3Cl4N. The molecule has 0 rings (SSSR count). The Hall–Kier alpha value is 0.390. The number of halogens is 4. The zero-order valence-electron chi connectivity index (χ0n) is 4.46. The minimum atomic E-state index is -0.0988. The SMILES string of the molecule is CC#N.ClC(Cl)=C(Cl)Cl. The van der Waals surface area contributed by atoms with Gasteiger partial charge in [0.25, 0.3) is 0 Å². The maximum absolute atomic E-state index is 7.32. The van der Waals surface area contributed by atoms with Crippen molar-refractivity contribution in [2.45, 2.75) is 6.92 Å². The smallest absolute Gasteiger partial charge is 0.136 e. The molecule has 5 heteroatoms. The highest BCUT2D eigenvalue weighted by Gasteiger charge is 1.88. The number of hydrogen-bond acceptors (Lipinski definition) is 1. The van der Waals surface area contributed by atoms with Crippen LogP contribution in [0.2, 0.25) is 0 Å². The van der Waals surface area contributed by atoms with Gasteiger partial charge in [-0.25, -0.2) is 0 Å². The summed E-state index contributed by atoms with van der Waals surface area (Å²) < 4.78 is -0.198. The fraction of sp³-hybridized carbons (Fsp3) is 0.250. The fourth-order valence-electron chi connectivity index (χ4n) is 0. The van der Waals surface area contributed by atoms with E-state index >= 15 is 0 Å². The van der Waals surface area contributed by atoms with Crippen LogP contribution in [-0.4, -0.2) is 0 Å². The van der Waals surface area contributed by atoms with Crippen LogP contribution in [-0.2, 0) is 0 Å². The predicted molar refractivity (Wildman–Crippen MR) is 41.7 cm³/mol. The van der Waals surface area contributed by atoms with E-state index in [1.807, 2.05) is 0 Å². The molecule has 0 amide bonds.